The van der Waals surface area contributed by atoms with E-state index in [1.165, 1.54) is 19.4 Å². The number of carbonyl (C=O) groups excluding carboxylic acids is 2. The van der Waals surface area contributed by atoms with Gasteiger partial charge in [-0.05, 0) is 86.5 Å². The molecule has 11 heteroatoms. The van der Waals surface area contributed by atoms with Gasteiger partial charge in [-0.1, -0.05) is 36.3 Å². The fourth-order valence-electron chi connectivity index (χ4n) is 8.12. The van der Waals surface area contributed by atoms with Gasteiger partial charge in [-0.3, -0.25) is 9.59 Å². The number of hydrogen-bond donors (Lipinski definition) is 1. The molecule has 4 saturated carbocycles. The molecule has 0 aromatic carbocycles. The highest BCUT2D eigenvalue weighted by molar-refractivity contribution is 5.67. The van der Waals surface area contributed by atoms with Gasteiger partial charge in [0.05, 0.1) is 0 Å². The summed E-state index contributed by atoms with van der Waals surface area (Å²) in [5, 5.41) is 9.53. The summed E-state index contributed by atoms with van der Waals surface area (Å²) >= 11 is 0. The molecule has 0 aliphatic heterocycles. The third-order valence-electron chi connectivity index (χ3n) is 10.4. The average molecular weight is 621 g/mol. The summed E-state index contributed by atoms with van der Waals surface area (Å²) in [6.45, 7) is 4.94. The van der Waals surface area contributed by atoms with Crippen LogP contribution in [0.15, 0.2) is 35.5 Å². The van der Waals surface area contributed by atoms with Crippen molar-refractivity contribution in [1.82, 2.24) is 0 Å². The first-order valence-corrected chi connectivity index (χ1v) is 15.1. The SMILES string of the molecule is CC(=O)O[C@@H]1CC(=C/C=C2\CCC[C@@]3(C)C(CC[C@@H]3C3(C/C=C/C(O)(C(F)(F)F)C(F)(F)F)CC3)C2)C[C@@H](OC(C)=O)C1. The quantitative estimate of drug-likeness (QED) is 0.177. The Morgan fingerprint density at radius 3 is 1.95 bits per heavy atom. The highest BCUT2D eigenvalue weighted by Gasteiger charge is 2.69. The molecule has 43 heavy (non-hydrogen) atoms. The van der Waals surface area contributed by atoms with E-state index in [-0.39, 0.29) is 53.4 Å². The number of allylic oxidation sites excluding steroid dienone is 4. The molecule has 1 N–H and O–H groups in total. The van der Waals surface area contributed by atoms with Crippen LogP contribution in [0.2, 0.25) is 0 Å². The minimum Gasteiger partial charge on any atom is -0.462 e. The number of ether oxygens (including phenoxy) is 2. The number of fused-ring (bicyclic) bond motifs is 1. The van der Waals surface area contributed by atoms with Gasteiger partial charge in [-0.25, -0.2) is 0 Å². The van der Waals surface area contributed by atoms with E-state index < -0.39 is 18.0 Å². The second-order valence-electron chi connectivity index (χ2n) is 13.4. The Bertz CT molecular complexity index is 1110. The molecular weight excluding hydrogens is 578 g/mol. The Kier molecular flexibility index (Phi) is 9.56. The van der Waals surface area contributed by atoms with E-state index in [0.29, 0.717) is 25.2 Å². The van der Waals surface area contributed by atoms with Crippen LogP contribution in [0.5, 0.6) is 0 Å². The molecule has 0 saturated heterocycles. The van der Waals surface area contributed by atoms with E-state index in [1.54, 1.807) is 0 Å². The molecule has 4 aliphatic carbocycles. The molecule has 0 aromatic heterocycles. The van der Waals surface area contributed by atoms with Crippen molar-refractivity contribution >= 4 is 11.9 Å². The number of alkyl halides is 6. The number of hydrogen-bond acceptors (Lipinski definition) is 5. The predicted octanol–water partition coefficient (Wildman–Crippen LogP) is 8.08. The molecule has 0 aromatic rings. The fourth-order valence-corrected chi connectivity index (χ4v) is 8.12. The van der Waals surface area contributed by atoms with Crippen molar-refractivity contribution in [3.8, 4) is 0 Å². The van der Waals surface area contributed by atoms with Gasteiger partial charge < -0.3 is 14.6 Å². The van der Waals surface area contributed by atoms with Crippen LogP contribution in [0.1, 0.15) is 97.8 Å². The van der Waals surface area contributed by atoms with Crippen molar-refractivity contribution in [3.63, 3.8) is 0 Å². The lowest BCUT2D eigenvalue weighted by Crippen LogP contribution is -2.55. The van der Waals surface area contributed by atoms with E-state index in [4.69, 9.17) is 9.47 Å². The summed E-state index contributed by atoms with van der Waals surface area (Å²) in [7, 11) is 0. The molecule has 0 spiro atoms. The Balaban J connectivity index is 1.46. The number of carbonyl (C=O) groups is 2. The zero-order valence-electron chi connectivity index (χ0n) is 25.0. The average Bonchev–Trinajstić information content (AvgIpc) is 3.59. The maximum absolute atomic E-state index is 13.2. The lowest BCUT2D eigenvalue weighted by Gasteiger charge is -2.40. The van der Waals surface area contributed by atoms with Gasteiger partial charge in [0, 0.05) is 33.1 Å². The summed E-state index contributed by atoms with van der Waals surface area (Å²) in [6, 6.07) is 0. The van der Waals surface area contributed by atoms with Crippen molar-refractivity contribution in [1.29, 1.82) is 0 Å². The molecule has 0 heterocycles. The molecule has 5 atom stereocenters. The second kappa shape index (κ2) is 12.2. The molecule has 0 radical (unpaired) electrons. The lowest BCUT2D eigenvalue weighted by atomic mass is 9.64. The maximum Gasteiger partial charge on any atom is 0.429 e. The largest absolute Gasteiger partial charge is 0.462 e. The summed E-state index contributed by atoms with van der Waals surface area (Å²) in [4.78, 5) is 23.1. The van der Waals surface area contributed by atoms with Crippen LogP contribution in [0.25, 0.3) is 0 Å². The van der Waals surface area contributed by atoms with E-state index in [9.17, 15) is 41.0 Å². The minimum atomic E-state index is -5.86. The molecular formula is C32H42F6O5. The first kappa shape index (κ1) is 33.6. The van der Waals surface area contributed by atoms with E-state index >= 15 is 0 Å². The van der Waals surface area contributed by atoms with Crippen molar-refractivity contribution in [2.75, 3.05) is 0 Å². The van der Waals surface area contributed by atoms with Crippen molar-refractivity contribution < 1.29 is 50.5 Å². The number of aliphatic hydroxyl groups is 1. The number of halogens is 6. The zero-order chi connectivity index (χ0) is 31.8. The van der Waals surface area contributed by atoms with Gasteiger partial charge in [0.1, 0.15) is 12.2 Å². The summed E-state index contributed by atoms with van der Waals surface area (Å²) in [5.74, 6) is -0.234. The van der Waals surface area contributed by atoms with E-state index in [1.807, 2.05) is 6.08 Å². The van der Waals surface area contributed by atoms with Gasteiger partial charge in [0.2, 0.25) is 0 Å². The Labute approximate surface area is 248 Å². The maximum atomic E-state index is 13.2. The van der Waals surface area contributed by atoms with Crippen LogP contribution in [-0.2, 0) is 19.1 Å². The second-order valence-corrected chi connectivity index (χ2v) is 13.4. The number of rotatable bonds is 7. The van der Waals surface area contributed by atoms with Crippen molar-refractivity contribution in [2.45, 2.75) is 128 Å². The highest BCUT2D eigenvalue weighted by atomic mass is 19.4. The lowest BCUT2D eigenvalue weighted by molar-refractivity contribution is -0.347. The van der Waals surface area contributed by atoms with Crippen LogP contribution in [0, 0.1) is 22.7 Å². The van der Waals surface area contributed by atoms with E-state index in [0.717, 1.165) is 63.0 Å². The Morgan fingerprint density at radius 2 is 1.44 bits per heavy atom. The topological polar surface area (TPSA) is 72.8 Å². The summed E-state index contributed by atoms with van der Waals surface area (Å²) in [6.07, 6.45) is 1.14. The third-order valence-corrected chi connectivity index (χ3v) is 10.4. The molecule has 242 valence electrons. The van der Waals surface area contributed by atoms with Gasteiger partial charge in [0.25, 0.3) is 5.60 Å². The minimum absolute atomic E-state index is 0.0796. The Morgan fingerprint density at radius 1 is 0.884 bits per heavy atom. The van der Waals surface area contributed by atoms with Crippen LogP contribution in [-0.4, -0.2) is 47.2 Å². The van der Waals surface area contributed by atoms with Gasteiger partial charge in [-0.15, -0.1) is 0 Å². The van der Waals surface area contributed by atoms with Crippen LogP contribution in [0.4, 0.5) is 26.3 Å². The highest BCUT2D eigenvalue weighted by Crippen LogP contribution is 2.69. The monoisotopic (exact) mass is 620 g/mol. The molecule has 0 bridgehead atoms. The molecule has 4 fully saturated rings. The zero-order valence-corrected chi connectivity index (χ0v) is 25.0. The molecule has 5 nitrogen and oxygen atoms in total. The van der Waals surface area contributed by atoms with E-state index in [2.05, 4.69) is 13.0 Å². The first-order valence-electron chi connectivity index (χ1n) is 15.1. The van der Waals surface area contributed by atoms with Gasteiger partial charge in [-0.2, -0.15) is 26.3 Å². The van der Waals surface area contributed by atoms with Crippen molar-refractivity contribution in [2.24, 2.45) is 22.7 Å². The summed E-state index contributed by atoms with van der Waals surface area (Å²) < 4.78 is 89.8. The molecule has 1 unspecified atom stereocenters. The van der Waals surface area contributed by atoms with Crippen LogP contribution < -0.4 is 0 Å². The fraction of sp³-hybridized carbons (Fsp3) is 0.750. The smallest absolute Gasteiger partial charge is 0.429 e. The number of esters is 2. The molecule has 4 aliphatic rings. The van der Waals surface area contributed by atoms with Crippen LogP contribution >= 0.6 is 0 Å². The van der Waals surface area contributed by atoms with Crippen molar-refractivity contribution in [3.05, 3.63) is 35.5 Å². The first-order chi connectivity index (χ1) is 19.9. The molecule has 4 rings (SSSR count). The molecule has 0 amide bonds. The summed E-state index contributed by atoms with van der Waals surface area (Å²) in [5.41, 5.74) is -2.96. The van der Waals surface area contributed by atoms with Gasteiger partial charge >= 0.3 is 24.3 Å². The predicted molar refractivity (Wildman–Crippen MR) is 146 cm³/mol. The normalized spacial score (nSPS) is 32.3. The Hall–Kier alpha value is -2.30. The standard InChI is InChI=1S/C32H42F6O5/c1-20(39)42-25-17-23(18-26(19-25)43-21(2)40)8-7-22-6-4-11-28(3)24(16-22)9-10-27(28)29(14-15-29)12-5-13-30(41,31(33,34)35)32(36,37)38/h5,7-8,13,24-27,41H,4,6,9-12,14-19H2,1-3H3/b13-5+,22-7+/t24?,25-,26-,27+,28+/m1/s1. The van der Waals surface area contributed by atoms with Crippen LogP contribution in [0.3, 0.4) is 0 Å². The third kappa shape index (κ3) is 7.34. The van der Waals surface area contributed by atoms with Gasteiger partial charge in [0.15, 0.2) is 0 Å².